The van der Waals surface area contributed by atoms with Crippen LogP contribution in [0.25, 0.3) is 10.8 Å². The van der Waals surface area contributed by atoms with Crippen LogP contribution in [0.5, 0.6) is 0 Å². The first kappa shape index (κ1) is 21.0. The molecule has 3 amide bonds. The summed E-state index contributed by atoms with van der Waals surface area (Å²) in [7, 11) is 0. The molecule has 2 aromatic carbocycles. The number of rotatable bonds is 6. The lowest BCUT2D eigenvalue weighted by atomic mass is 9.99. The molecule has 3 aromatic rings. The molecule has 3 heterocycles. The second-order valence-corrected chi connectivity index (χ2v) is 8.66. The van der Waals surface area contributed by atoms with Gasteiger partial charge in [-0.1, -0.05) is 30.3 Å². The Morgan fingerprint density at radius 2 is 1.88 bits per heavy atom. The van der Waals surface area contributed by atoms with Gasteiger partial charge in [0.1, 0.15) is 11.8 Å². The van der Waals surface area contributed by atoms with Gasteiger partial charge < -0.3 is 4.90 Å². The van der Waals surface area contributed by atoms with Crippen LogP contribution in [0.1, 0.15) is 46.3 Å². The largest absolute Gasteiger partial charge is 0.322 e. The number of amides is 3. The Labute approximate surface area is 190 Å². The van der Waals surface area contributed by atoms with Crippen LogP contribution in [-0.2, 0) is 33.8 Å². The lowest BCUT2D eigenvalue weighted by Crippen LogP contribution is -2.52. The number of hydrogen-bond acceptors (Lipinski definition) is 5. The van der Waals surface area contributed by atoms with E-state index in [4.69, 9.17) is 0 Å². The molecule has 33 heavy (non-hydrogen) atoms. The SMILES string of the molecule is O=C(CCc1ccc2c(c1)CN(C1CCC(=O)NC1=O)C2=O)Cc1ccc2cnccc2c1. The van der Waals surface area contributed by atoms with Crippen molar-refractivity contribution in [2.75, 3.05) is 0 Å². The Bertz CT molecular complexity index is 1300. The maximum absolute atomic E-state index is 12.8. The summed E-state index contributed by atoms with van der Waals surface area (Å²) in [6.45, 7) is 0.341. The molecular weight excluding hydrogens is 418 g/mol. The summed E-state index contributed by atoms with van der Waals surface area (Å²) in [4.78, 5) is 54.6. The molecule has 2 aliphatic heterocycles. The highest BCUT2D eigenvalue weighted by molar-refractivity contribution is 6.05. The summed E-state index contributed by atoms with van der Waals surface area (Å²) >= 11 is 0. The molecule has 0 aliphatic carbocycles. The topological polar surface area (TPSA) is 96.4 Å². The van der Waals surface area contributed by atoms with Gasteiger partial charge in [-0.05, 0) is 47.1 Å². The average molecular weight is 441 g/mol. The number of aromatic nitrogens is 1. The van der Waals surface area contributed by atoms with Crippen LogP contribution in [0.2, 0.25) is 0 Å². The number of aryl methyl sites for hydroxylation is 1. The van der Waals surface area contributed by atoms with Crippen LogP contribution < -0.4 is 5.32 Å². The number of benzene rings is 2. The van der Waals surface area contributed by atoms with Gasteiger partial charge in [0.15, 0.2) is 0 Å². The normalized spacial score (nSPS) is 17.9. The monoisotopic (exact) mass is 441 g/mol. The molecule has 1 fully saturated rings. The predicted molar refractivity (Wildman–Crippen MR) is 121 cm³/mol. The minimum absolute atomic E-state index is 0.158. The molecule has 1 atom stereocenters. The predicted octanol–water partition coefficient (Wildman–Crippen LogP) is 2.74. The van der Waals surface area contributed by atoms with Crippen LogP contribution >= 0.6 is 0 Å². The van der Waals surface area contributed by atoms with Crippen LogP contribution in [-0.4, -0.2) is 39.4 Å². The number of Topliss-reactive ketones (excluding diaryl/α,β-unsaturated/α-hetero) is 1. The Balaban J connectivity index is 1.21. The molecule has 0 saturated carbocycles. The molecular formula is C26H23N3O4. The number of fused-ring (bicyclic) bond motifs is 2. The van der Waals surface area contributed by atoms with Crippen molar-refractivity contribution in [2.24, 2.45) is 0 Å². The van der Waals surface area contributed by atoms with Gasteiger partial charge in [-0.25, -0.2) is 0 Å². The zero-order valence-electron chi connectivity index (χ0n) is 18.0. The molecule has 0 radical (unpaired) electrons. The molecule has 0 spiro atoms. The number of carbonyl (C=O) groups excluding carboxylic acids is 4. The third-order valence-electron chi connectivity index (χ3n) is 6.39. The van der Waals surface area contributed by atoms with E-state index in [1.54, 1.807) is 18.5 Å². The molecule has 1 saturated heterocycles. The Morgan fingerprint density at radius 3 is 2.73 bits per heavy atom. The molecule has 5 rings (SSSR count). The minimum atomic E-state index is -0.620. The maximum atomic E-state index is 12.8. The highest BCUT2D eigenvalue weighted by Crippen LogP contribution is 2.28. The molecule has 7 heteroatoms. The van der Waals surface area contributed by atoms with Gasteiger partial charge in [-0.3, -0.25) is 29.5 Å². The van der Waals surface area contributed by atoms with E-state index in [0.717, 1.165) is 27.5 Å². The summed E-state index contributed by atoms with van der Waals surface area (Å²) in [5.74, 6) is -0.741. The highest BCUT2D eigenvalue weighted by Gasteiger charge is 2.39. The summed E-state index contributed by atoms with van der Waals surface area (Å²) < 4.78 is 0. The highest BCUT2D eigenvalue weighted by atomic mass is 16.2. The fraction of sp³-hybridized carbons (Fsp3) is 0.269. The van der Waals surface area contributed by atoms with Gasteiger partial charge in [-0.15, -0.1) is 0 Å². The Hall–Kier alpha value is -3.87. The van der Waals surface area contributed by atoms with Gasteiger partial charge in [0.2, 0.25) is 11.8 Å². The second kappa shape index (κ2) is 8.58. The van der Waals surface area contributed by atoms with Crippen LogP contribution in [0.3, 0.4) is 0 Å². The number of hydrogen-bond donors (Lipinski definition) is 1. The first-order chi connectivity index (χ1) is 16.0. The molecule has 0 bridgehead atoms. The first-order valence-corrected chi connectivity index (χ1v) is 11.1. The summed E-state index contributed by atoms with van der Waals surface area (Å²) in [5.41, 5.74) is 3.42. The van der Waals surface area contributed by atoms with E-state index in [2.05, 4.69) is 10.3 Å². The fourth-order valence-corrected chi connectivity index (χ4v) is 4.63. The number of piperidine rings is 1. The average Bonchev–Trinajstić information content (AvgIpc) is 3.13. The van der Waals surface area contributed by atoms with Crippen molar-refractivity contribution in [3.63, 3.8) is 0 Å². The van der Waals surface area contributed by atoms with E-state index in [1.807, 2.05) is 36.4 Å². The van der Waals surface area contributed by atoms with Crippen molar-refractivity contribution < 1.29 is 19.2 Å². The third-order valence-corrected chi connectivity index (χ3v) is 6.39. The van der Waals surface area contributed by atoms with Crippen molar-refractivity contribution in [2.45, 2.75) is 44.7 Å². The van der Waals surface area contributed by atoms with Gasteiger partial charge in [-0.2, -0.15) is 0 Å². The number of nitrogens with one attached hydrogen (secondary N) is 1. The van der Waals surface area contributed by atoms with Gasteiger partial charge in [0.25, 0.3) is 5.91 Å². The molecule has 166 valence electrons. The number of imide groups is 1. The van der Waals surface area contributed by atoms with Crippen molar-refractivity contribution in [1.82, 2.24) is 15.2 Å². The molecule has 1 unspecified atom stereocenters. The number of pyridine rings is 1. The third kappa shape index (κ3) is 4.26. The molecule has 1 aromatic heterocycles. The quantitative estimate of drug-likeness (QED) is 0.594. The standard InChI is InChI=1S/C26H23N3O4/c30-21(13-17-1-4-19-14-27-10-9-18(19)12-17)5-2-16-3-6-22-20(11-16)15-29(26(22)33)23-7-8-24(31)28-25(23)32/h1,3-4,6,9-12,14,23H,2,5,7-8,13,15H2,(H,28,31,32). The second-order valence-electron chi connectivity index (χ2n) is 8.66. The lowest BCUT2D eigenvalue weighted by molar-refractivity contribution is -0.137. The van der Waals surface area contributed by atoms with E-state index in [9.17, 15) is 19.2 Å². The van der Waals surface area contributed by atoms with E-state index in [0.29, 0.717) is 37.8 Å². The molecule has 7 nitrogen and oxygen atoms in total. The van der Waals surface area contributed by atoms with Crippen molar-refractivity contribution in [3.8, 4) is 0 Å². The summed E-state index contributed by atoms with van der Waals surface area (Å²) in [5, 5.41) is 4.43. The minimum Gasteiger partial charge on any atom is -0.322 e. The lowest BCUT2D eigenvalue weighted by Gasteiger charge is -2.29. The van der Waals surface area contributed by atoms with Crippen molar-refractivity contribution in [1.29, 1.82) is 0 Å². The number of nitrogens with zero attached hydrogens (tertiary/aromatic N) is 2. The fourth-order valence-electron chi connectivity index (χ4n) is 4.63. The van der Waals surface area contributed by atoms with E-state index >= 15 is 0 Å². The van der Waals surface area contributed by atoms with Gasteiger partial charge in [0.05, 0.1) is 0 Å². The zero-order valence-corrected chi connectivity index (χ0v) is 18.0. The van der Waals surface area contributed by atoms with Crippen LogP contribution in [0.15, 0.2) is 54.9 Å². The smallest absolute Gasteiger partial charge is 0.255 e. The molecule has 1 N–H and O–H groups in total. The van der Waals surface area contributed by atoms with E-state index < -0.39 is 11.9 Å². The Kier molecular flexibility index (Phi) is 5.46. The number of ketones is 1. The van der Waals surface area contributed by atoms with Crippen LogP contribution in [0.4, 0.5) is 0 Å². The summed E-state index contributed by atoms with van der Waals surface area (Å²) in [6, 6.07) is 12.9. The summed E-state index contributed by atoms with van der Waals surface area (Å²) in [6.07, 6.45) is 5.52. The maximum Gasteiger partial charge on any atom is 0.255 e. The number of carbonyl (C=O) groups is 4. The van der Waals surface area contributed by atoms with Gasteiger partial charge >= 0.3 is 0 Å². The van der Waals surface area contributed by atoms with Crippen molar-refractivity contribution >= 4 is 34.3 Å². The zero-order chi connectivity index (χ0) is 22.9. The van der Waals surface area contributed by atoms with Gasteiger partial charge in [0, 0.05) is 49.2 Å². The first-order valence-electron chi connectivity index (χ1n) is 11.1. The Morgan fingerprint density at radius 1 is 1.03 bits per heavy atom. The van der Waals surface area contributed by atoms with Crippen molar-refractivity contribution in [3.05, 3.63) is 77.1 Å². The molecule has 2 aliphatic rings. The van der Waals surface area contributed by atoms with Crippen LogP contribution in [0, 0.1) is 0 Å². The van der Waals surface area contributed by atoms with E-state index in [-0.39, 0.29) is 24.0 Å². The van der Waals surface area contributed by atoms with E-state index in [1.165, 1.54) is 4.90 Å².